The molecular weight excluding hydrogens is 416 g/mol. The molecule has 166 valence electrons. The number of pyridine rings is 1. The second-order valence-electron chi connectivity index (χ2n) is 8.72. The number of sulfone groups is 1. The van der Waals surface area contributed by atoms with E-state index < -0.39 is 15.6 Å². The average molecular weight is 445 g/mol. The Kier molecular flexibility index (Phi) is 5.19. The standard InChI is InChI=1S/C23H28N2O5S/c1-2-31(27,28)21-14-24-22(26)13-19(21)16-6-7-20-17(12-16)15-29-23(30-20)8-10-25(11-9-23)18-4-3-5-18/h6-7,12-14,18H,2-5,8-11,15H2,1H3,(H,24,26). The first-order valence-corrected chi connectivity index (χ1v) is 12.7. The zero-order valence-electron chi connectivity index (χ0n) is 17.7. The van der Waals surface area contributed by atoms with Crippen LogP contribution in [0, 0.1) is 0 Å². The van der Waals surface area contributed by atoms with Crippen molar-refractivity contribution in [2.45, 2.75) is 62.4 Å². The van der Waals surface area contributed by atoms with Gasteiger partial charge in [-0.3, -0.25) is 9.69 Å². The lowest BCUT2D eigenvalue weighted by atomic mass is 9.89. The van der Waals surface area contributed by atoms with Crippen LogP contribution >= 0.6 is 0 Å². The Morgan fingerprint density at radius 1 is 1.19 bits per heavy atom. The van der Waals surface area contributed by atoms with Gasteiger partial charge in [0.2, 0.25) is 11.3 Å². The fourth-order valence-electron chi connectivity index (χ4n) is 4.72. The molecule has 5 rings (SSSR count). The van der Waals surface area contributed by atoms with Crippen molar-refractivity contribution >= 4 is 9.84 Å². The van der Waals surface area contributed by atoms with Crippen molar-refractivity contribution < 1.29 is 17.9 Å². The molecule has 0 amide bonds. The van der Waals surface area contributed by atoms with Gasteiger partial charge in [-0.1, -0.05) is 19.4 Å². The monoisotopic (exact) mass is 444 g/mol. The van der Waals surface area contributed by atoms with Gasteiger partial charge < -0.3 is 14.5 Å². The highest BCUT2D eigenvalue weighted by Gasteiger charge is 2.42. The highest BCUT2D eigenvalue weighted by Crippen LogP contribution is 2.41. The SMILES string of the molecule is CCS(=O)(=O)c1c[nH]c(=O)cc1-c1ccc2c(c1)COC1(CCN(C3CCC3)CC1)O2. The number of H-pyrrole nitrogens is 1. The quantitative estimate of drug-likeness (QED) is 0.780. The number of nitrogens with zero attached hydrogens (tertiary/aromatic N) is 1. The summed E-state index contributed by atoms with van der Waals surface area (Å²) in [5, 5.41) is 0. The Labute approximate surface area is 182 Å². The fourth-order valence-corrected chi connectivity index (χ4v) is 5.78. The van der Waals surface area contributed by atoms with Crippen LogP contribution in [-0.4, -0.2) is 49.0 Å². The van der Waals surface area contributed by atoms with Crippen LogP contribution < -0.4 is 10.3 Å². The van der Waals surface area contributed by atoms with Crippen molar-refractivity contribution in [3.05, 3.63) is 46.4 Å². The molecule has 0 bridgehead atoms. The van der Waals surface area contributed by atoms with Crippen molar-refractivity contribution in [3.8, 4) is 16.9 Å². The molecule has 1 saturated heterocycles. The molecule has 3 aliphatic rings. The van der Waals surface area contributed by atoms with Crippen LogP contribution in [0.3, 0.4) is 0 Å². The summed E-state index contributed by atoms with van der Waals surface area (Å²) in [6.07, 6.45) is 6.92. The minimum atomic E-state index is -3.48. The van der Waals surface area contributed by atoms with Crippen molar-refractivity contribution in [2.75, 3.05) is 18.8 Å². The van der Waals surface area contributed by atoms with Crippen LogP contribution in [0.4, 0.5) is 0 Å². The van der Waals surface area contributed by atoms with E-state index in [2.05, 4.69) is 9.88 Å². The van der Waals surface area contributed by atoms with Crippen molar-refractivity contribution in [1.29, 1.82) is 0 Å². The number of piperidine rings is 1. The molecule has 2 aliphatic heterocycles. The fraction of sp³-hybridized carbons (Fsp3) is 0.522. The molecule has 3 heterocycles. The highest BCUT2D eigenvalue weighted by molar-refractivity contribution is 7.91. The first kappa shape index (κ1) is 20.7. The van der Waals surface area contributed by atoms with Gasteiger partial charge in [-0.25, -0.2) is 8.42 Å². The lowest BCUT2D eigenvalue weighted by Gasteiger charge is -2.47. The summed E-state index contributed by atoms with van der Waals surface area (Å²) in [5.74, 6) is 0.163. The number of likely N-dealkylation sites (tertiary alicyclic amines) is 1. The number of aromatic amines is 1. The smallest absolute Gasteiger partial charge is 0.248 e. The zero-order chi connectivity index (χ0) is 21.6. The van der Waals surface area contributed by atoms with Gasteiger partial charge in [0.1, 0.15) is 5.75 Å². The lowest BCUT2D eigenvalue weighted by Crippen LogP contribution is -2.54. The van der Waals surface area contributed by atoms with Crippen LogP contribution in [0.1, 0.15) is 44.6 Å². The van der Waals surface area contributed by atoms with E-state index in [1.807, 2.05) is 18.2 Å². The third-order valence-electron chi connectivity index (χ3n) is 6.91. The molecule has 0 unspecified atom stereocenters. The maximum atomic E-state index is 12.5. The summed E-state index contributed by atoms with van der Waals surface area (Å²) in [6.45, 7) is 3.98. The van der Waals surface area contributed by atoms with Gasteiger partial charge in [0, 0.05) is 55.4 Å². The number of aromatic nitrogens is 1. The number of benzene rings is 1. The summed E-state index contributed by atoms with van der Waals surface area (Å²) in [4.78, 5) is 17.1. The zero-order valence-corrected chi connectivity index (χ0v) is 18.5. The normalized spacial score (nSPS) is 21.3. The Morgan fingerprint density at radius 2 is 1.97 bits per heavy atom. The van der Waals surface area contributed by atoms with Crippen LogP contribution in [0.5, 0.6) is 5.75 Å². The Balaban J connectivity index is 1.40. The van der Waals surface area contributed by atoms with Crippen molar-refractivity contribution in [3.63, 3.8) is 0 Å². The molecule has 2 aromatic rings. The van der Waals surface area contributed by atoms with Gasteiger partial charge in [0.25, 0.3) is 0 Å². The molecule has 1 N–H and O–H groups in total. The maximum Gasteiger partial charge on any atom is 0.248 e. The maximum absolute atomic E-state index is 12.5. The van der Waals surface area contributed by atoms with Gasteiger partial charge in [0.15, 0.2) is 9.84 Å². The first-order valence-electron chi connectivity index (χ1n) is 11.0. The largest absolute Gasteiger partial charge is 0.462 e. The molecule has 1 aromatic heterocycles. The first-order chi connectivity index (χ1) is 14.9. The number of rotatable bonds is 4. The van der Waals surface area contributed by atoms with E-state index in [0.717, 1.165) is 43.3 Å². The summed E-state index contributed by atoms with van der Waals surface area (Å²) < 4.78 is 37.6. The third-order valence-corrected chi connectivity index (χ3v) is 8.68. The van der Waals surface area contributed by atoms with Crippen LogP contribution in [-0.2, 0) is 21.2 Å². The molecule has 1 saturated carbocycles. The van der Waals surface area contributed by atoms with Gasteiger partial charge >= 0.3 is 0 Å². The van der Waals surface area contributed by atoms with Crippen molar-refractivity contribution in [2.24, 2.45) is 0 Å². The molecule has 1 aliphatic carbocycles. The predicted octanol–water partition coefficient (Wildman–Crippen LogP) is 3.09. The molecule has 1 spiro atoms. The third kappa shape index (κ3) is 3.81. The van der Waals surface area contributed by atoms with E-state index in [4.69, 9.17) is 9.47 Å². The summed E-state index contributed by atoms with van der Waals surface area (Å²) in [6, 6.07) is 7.64. The Hall–Kier alpha value is -2.16. The minimum Gasteiger partial charge on any atom is -0.462 e. The van der Waals surface area contributed by atoms with E-state index in [9.17, 15) is 13.2 Å². The molecule has 0 radical (unpaired) electrons. The molecule has 1 aromatic carbocycles. The van der Waals surface area contributed by atoms with E-state index in [-0.39, 0.29) is 16.2 Å². The number of fused-ring (bicyclic) bond motifs is 1. The summed E-state index contributed by atoms with van der Waals surface area (Å²) >= 11 is 0. The lowest BCUT2D eigenvalue weighted by molar-refractivity contribution is -0.231. The second-order valence-corrected chi connectivity index (χ2v) is 11.0. The van der Waals surface area contributed by atoms with Crippen LogP contribution in [0.2, 0.25) is 0 Å². The van der Waals surface area contributed by atoms with Gasteiger partial charge in [-0.2, -0.15) is 0 Å². The van der Waals surface area contributed by atoms with Gasteiger partial charge in [-0.05, 0) is 30.5 Å². The van der Waals surface area contributed by atoms with Gasteiger partial charge in [0.05, 0.1) is 17.3 Å². The van der Waals surface area contributed by atoms with Crippen molar-refractivity contribution in [1.82, 2.24) is 9.88 Å². The Morgan fingerprint density at radius 3 is 2.65 bits per heavy atom. The number of hydrogen-bond donors (Lipinski definition) is 1. The van der Waals surface area contributed by atoms with Gasteiger partial charge in [-0.15, -0.1) is 0 Å². The van der Waals surface area contributed by atoms with E-state index in [1.54, 1.807) is 6.92 Å². The minimum absolute atomic E-state index is 0.0381. The molecule has 31 heavy (non-hydrogen) atoms. The molecule has 0 atom stereocenters. The number of ether oxygens (including phenoxy) is 2. The molecule has 8 heteroatoms. The van der Waals surface area contributed by atoms with Crippen LogP contribution in [0.15, 0.2) is 40.2 Å². The molecule has 7 nitrogen and oxygen atoms in total. The molecule has 2 fully saturated rings. The average Bonchev–Trinajstić information content (AvgIpc) is 2.73. The van der Waals surface area contributed by atoms with E-state index >= 15 is 0 Å². The molecular formula is C23H28N2O5S. The van der Waals surface area contributed by atoms with E-state index in [0.29, 0.717) is 17.7 Å². The topological polar surface area (TPSA) is 88.7 Å². The summed E-state index contributed by atoms with van der Waals surface area (Å²) in [7, 11) is -3.48. The Bertz CT molecular complexity index is 1140. The van der Waals surface area contributed by atoms with Crippen LogP contribution in [0.25, 0.3) is 11.1 Å². The number of nitrogens with one attached hydrogen (secondary N) is 1. The number of hydrogen-bond acceptors (Lipinski definition) is 6. The van der Waals surface area contributed by atoms with E-state index in [1.165, 1.54) is 31.5 Å². The highest BCUT2D eigenvalue weighted by atomic mass is 32.2. The second kappa shape index (κ2) is 7.76. The summed E-state index contributed by atoms with van der Waals surface area (Å²) in [5.41, 5.74) is 1.60. The predicted molar refractivity (Wildman–Crippen MR) is 117 cm³/mol.